The van der Waals surface area contributed by atoms with E-state index in [2.05, 4.69) is 58.5 Å². The number of hydrogen-bond donors (Lipinski definition) is 1. The summed E-state index contributed by atoms with van der Waals surface area (Å²) in [5.41, 5.74) is 4.01. The molecule has 0 saturated carbocycles. The molecule has 0 aliphatic rings. The molecule has 1 atom stereocenters. The molecule has 2 aromatic carbocycles. The lowest BCUT2D eigenvalue weighted by molar-refractivity contribution is 0.414. The number of nitrogens with one attached hydrogen (secondary N) is 1. The summed E-state index contributed by atoms with van der Waals surface area (Å²) in [6, 6.07) is 15.1. The Kier molecular flexibility index (Phi) is 5.83. The van der Waals surface area contributed by atoms with Crippen molar-refractivity contribution in [1.29, 1.82) is 0 Å². The standard InChI is InChI=1S/C18H22BrNO/c1-13-16(5-4-6-17(13)19)18(20-2)12-9-14-7-10-15(21-3)11-8-14/h4-8,10-11,18,20H,9,12H2,1-3H3. The van der Waals surface area contributed by atoms with E-state index in [1.165, 1.54) is 21.2 Å². The average molecular weight is 348 g/mol. The van der Waals surface area contributed by atoms with Gasteiger partial charge in [0.2, 0.25) is 0 Å². The molecule has 2 nitrogen and oxygen atoms in total. The lowest BCUT2D eigenvalue weighted by atomic mass is 9.96. The van der Waals surface area contributed by atoms with Gasteiger partial charge in [-0.25, -0.2) is 0 Å². The van der Waals surface area contributed by atoms with Crippen molar-refractivity contribution in [3.63, 3.8) is 0 Å². The van der Waals surface area contributed by atoms with E-state index >= 15 is 0 Å². The Labute approximate surface area is 135 Å². The molecule has 112 valence electrons. The number of ether oxygens (including phenoxy) is 1. The fourth-order valence-corrected chi connectivity index (χ4v) is 2.94. The smallest absolute Gasteiger partial charge is 0.118 e. The van der Waals surface area contributed by atoms with Crippen LogP contribution >= 0.6 is 15.9 Å². The molecule has 0 saturated heterocycles. The van der Waals surface area contributed by atoms with Crippen LogP contribution in [0.4, 0.5) is 0 Å². The molecule has 0 fully saturated rings. The molecule has 1 N–H and O–H groups in total. The van der Waals surface area contributed by atoms with Crippen LogP contribution in [0.3, 0.4) is 0 Å². The maximum absolute atomic E-state index is 5.20. The Bertz CT molecular complexity index is 580. The van der Waals surface area contributed by atoms with Crippen LogP contribution in [0.1, 0.15) is 29.2 Å². The Morgan fingerprint density at radius 1 is 1.14 bits per heavy atom. The summed E-state index contributed by atoms with van der Waals surface area (Å²) in [5.74, 6) is 0.909. The zero-order valence-electron chi connectivity index (χ0n) is 12.8. The van der Waals surface area contributed by atoms with Gasteiger partial charge >= 0.3 is 0 Å². The first-order chi connectivity index (χ1) is 10.2. The third-order valence-electron chi connectivity index (χ3n) is 3.91. The molecular weight excluding hydrogens is 326 g/mol. The summed E-state index contributed by atoms with van der Waals surface area (Å²) >= 11 is 3.61. The van der Waals surface area contributed by atoms with Crippen LogP contribution in [0.15, 0.2) is 46.9 Å². The highest BCUT2D eigenvalue weighted by Gasteiger charge is 2.13. The molecule has 0 amide bonds. The molecular formula is C18H22BrNO. The number of hydrogen-bond acceptors (Lipinski definition) is 2. The normalized spacial score (nSPS) is 12.2. The molecule has 0 radical (unpaired) electrons. The van der Waals surface area contributed by atoms with Gasteiger partial charge in [0, 0.05) is 10.5 Å². The lowest BCUT2D eigenvalue weighted by Crippen LogP contribution is -2.18. The summed E-state index contributed by atoms with van der Waals surface area (Å²) in [6.07, 6.45) is 2.11. The number of halogens is 1. The van der Waals surface area contributed by atoms with Crippen LogP contribution in [0.25, 0.3) is 0 Å². The first-order valence-electron chi connectivity index (χ1n) is 7.21. The highest BCUT2D eigenvalue weighted by molar-refractivity contribution is 9.10. The Morgan fingerprint density at radius 2 is 1.86 bits per heavy atom. The molecule has 0 aromatic heterocycles. The van der Waals surface area contributed by atoms with Crippen LogP contribution in [-0.4, -0.2) is 14.2 Å². The third-order valence-corrected chi connectivity index (χ3v) is 4.77. The Balaban J connectivity index is 2.06. The summed E-state index contributed by atoms with van der Waals surface area (Å²) in [7, 11) is 3.72. The number of rotatable bonds is 6. The van der Waals surface area contributed by atoms with Crippen molar-refractivity contribution in [3.05, 3.63) is 63.6 Å². The van der Waals surface area contributed by atoms with E-state index in [0.29, 0.717) is 6.04 Å². The molecule has 0 heterocycles. The summed E-state index contributed by atoms with van der Waals surface area (Å²) in [6.45, 7) is 2.16. The average Bonchev–Trinajstić information content (AvgIpc) is 2.52. The van der Waals surface area contributed by atoms with E-state index in [1.807, 2.05) is 19.2 Å². The fourth-order valence-electron chi connectivity index (χ4n) is 2.56. The van der Waals surface area contributed by atoms with Gasteiger partial charge in [0.1, 0.15) is 5.75 Å². The largest absolute Gasteiger partial charge is 0.497 e. The van der Waals surface area contributed by atoms with E-state index in [1.54, 1.807) is 7.11 Å². The van der Waals surface area contributed by atoms with Gasteiger partial charge in [0.15, 0.2) is 0 Å². The van der Waals surface area contributed by atoms with Crippen molar-refractivity contribution in [2.24, 2.45) is 0 Å². The maximum atomic E-state index is 5.20. The summed E-state index contributed by atoms with van der Waals surface area (Å²) in [4.78, 5) is 0. The van der Waals surface area contributed by atoms with Gasteiger partial charge in [-0.05, 0) is 61.7 Å². The van der Waals surface area contributed by atoms with Gasteiger partial charge in [0.05, 0.1) is 7.11 Å². The first kappa shape index (κ1) is 16.1. The molecule has 21 heavy (non-hydrogen) atoms. The maximum Gasteiger partial charge on any atom is 0.118 e. The van der Waals surface area contributed by atoms with Crippen molar-refractivity contribution in [3.8, 4) is 5.75 Å². The second kappa shape index (κ2) is 7.62. The molecule has 2 rings (SSSR count). The van der Waals surface area contributed by atoms with Crippen LogP contribution in [0.2, 0.25) is 0 Å². The number of benzene rings is 2. The second-order valence-corrected chi connectivity index (χ2v) is 6.04. The van der Waals surface area contributed by atoms with Gasteiger partial charge in [-0.15, -0.1) is 0 Å². The zero-order chi connectivity index (χ0) is 15.2. The van der Waals surface area contributed by atoms with Crippen molar-refractivity contribution in [2.45, 2.75) is 25.8 Å². The summed E-state index contributed by atoms with van der Waals surface area (Å²) in [5, 5.41) is 3.43. The first-order valence-corrected chi connectivity index (χ1v) is 8.00. The minimum absolute atomic E-state index is 0.365. The number of aryl methyl sites for hydroxylation is 1. The number of methoxy groups -OCH3 is 1. The third kappa shape index (κ3) is 4.08. The fraction of sp³-hybridized carbons (Fsp3) is 0.333. The van der Waals surface area contributed by atoms with Gasteiger partial charge in [-0.2, -0.15) is 0 Å². The van der Waals surface area contributed by atoms with Gasteiger partial charge in [0.25, 0.3) is 0 Å². The van der Waals surface area contributed by atoms with E-state index in [-0.39, 0.29) is 0 Å². The molecule has 0 bridgehead atoms. The van der Waals surface area contributed by atoms with Gasteiger partial charge < -0.3 is 10.1 Å². The molecule has 3 heteroatoms. The quantitative estimate of drug-likeness (QED) is 0.820. The molecule has 2 aromatic rings. The minimum Gasteiger partial charge on any atom is -0.497 e. The lowest BCUT2D eigenvalue weighted by Gasteiger charge is -2.19. The van der Waals surface area contributed by atoms with Crippen molar-refractivity contribution in [1.82, 2.24) is 5.32 Å². The van der Waals surface area contributed by atoms with Crippen molar-refractivity contribution in [2.75, 3.05) is 14.2 Å². The Hall–Kier alpha value is -1.32. The molecule has 0 aliphatic heterocycles. The predicted octanol–water partition coefficient (Wildman–Crippen LogP) is 4.66. The SMILES string of the molecule is CNC(CCc1ccc(OC)cc1)c1cccc(Br)c1C. The molecule has 0 spiro atoms. The zero-order valence-corrected chi connectivity index (χ0v) is 14.4. The predicted molar refractivity (Wildman–Crippen MR) is 92.0 cm³/mol. The Morgan fingerprint density at radius 3 is 2.48 bits per heavy atom. The minimum atomic E-state index is 0.365. The summed E-state index contributed by atoms with van der Waals surface area (Å²) < 4.78 is 6.37. The van der Waals surface area contributed by atoms with Crippen molar-refractivity contribution >= 4 is 15.9 Å². The highest BCUT2D eigenvalue weighted by Crippen LogP contribution is 2.27. The van der Waals surface area contributed by atoms with E-state index < -0.39 is 0 Å². The molecule has 0 aliphatic carbocycles. The van der Waals surface area contributed by atoms with Gasteiger partial charge in [-0.1, -0.05) is 40.2 Å². The van der Waals surface area contributed by atoms with E-state index in [9.17, 15) is 0 Å². The van der Waals surface area contributed by atoms with Crippen LogP contribution in [0.5, 0.6) is 5.75 Å². The monoisotopic (exact) mass is 347 g/mol. The van der Waals surface area contributed by atoms with Crippen LogP contribution in [-0.2, 0) is 6.42 Å². The highest BCUT2D eigenvalue weighted by atomic mass is 79.9. The van der Waals surface area contributed by atoms with Crippen LogP contribution in [0, 0.1) is 6.92 Å². The van der Waals surface area contributed by atoms with Crippen LogP contribution < -0.4 is 10.1 Å². The second-order valence-electron chi connectivity index (χ2n) is 5.18. The van der Waals surface area contributed by atoms with Gasteiger partial charge in [-0.3, -0.25) is 0 Å². The van der Waals surface area contributed by atoms with E-state index in [4.69, 9.17) is 4.74 Å². The van der Waals surface area contributed by atoms with Crippen molar-refractivity contribution < 1.29 is 4.74 Å². The van der Waals surface area contributed by atoms with E-state index in [0.717, 1.165) is 18.6 Å². The molecule has 1 unspecified atom stereocenters. The topological polar surface area (TPSA) is 21.3 Å².